The number of benzene rings is 1. The van der Waals surface area contributed by atoms with Gasteiger partial charge in [-0.2, -0.15) is 0 Å². The minimum absolute atomic E-state index is 0.308. The van der Waals surface area contributed by atoms with Gasteiger partial charge in [-0.05, 0) is 31.5 Å². The molecule has 0 amide bonds. The van der Waals surface area contributed by atoms with E-state index in [0.717, 1.165) is 0 Å². The molecule has 6 atom stereocenters. The quantitative estimate of drug-likeness (QED) is 0.581. The second-order valence-electron chi connectivity index (χ2n) is 8.17. The van der Waals surface area contributed by atoms with E-state index in [-0.39, 0.29) is 12.1 Å². The lowest BCUT2D eigenvalue weighted by Crippen LogP contribution is -2.56. The summed E-state index contributed by atoms with van der Waals surface area (Å²) in [6.07, 6.45) is 1.81. The van der Waals surface area contributed by atoms with Crippen molar-refractivity contribution in [2.24, 2.45) is 17.3 Å². The standard InChI is InChI=1S/C22H20O7/c1-22-10-14(27-21(22)25)9-15-16(22)18(29-19(23)12-5-3-2-4-6-12)17(28-20(15)24)13-7-8-26-11-13/h2-8,11,14-18H,9-10H2,1H3/t14-,15-,16-,17+,18-,22-/m0/s1. The number of rotatable bonds is 3. The number of carbonyl (C=O) groups is 3. The van der Waals surface area contributed by atoms with Gasteiger partial charge in [0.1, 0.15) is 12.2 Å². The van der Waals surface area contributed by atoms with Crippen LogP contribution < -0.4 is 0 Å². The molecule has 7 heteroatoms. The summed E-state index contributed by atoms with van der Waals surface area (Å²) in [5.41, 5.74) is 0.0517. The Morgan fingerprint density at radius 3 is 2.66 bits per heavy atom. The zero-order valence-electron chi connectivity index (χ0n) is 15.8. The highest BCUT2D eigenvalue weighted by Crippen LogP contribution is 2.57. The molecule has 3 fully saturated rings. The first kappa shape index (κ1) is 18.0. The van der Waals surface area contributed by atoms with Gasteiger partial charge in [-0.15, -0.1) is 0 Å². The van der Waals surface area contributed by atoms with Crippen LogP contribution in [0.2, 0.25) is 0 Å². The second kappa shape index (κ2) is 6.47. The molecule has 1 aromatic carbocycles. The fourth-order valence-corrected chi connectivity index (χ4v) is 5.06. The molecule has 1 aliphatic carbocycles. The number of hydrogen-bond acceptors (Lipinski definition) is 7. The molecule has 0 spiro atoms. The van der Waals surface area contributed by atoms with E-state index in [9.17, 15) is 14.4 Å². The van der Waals surface area contributed by atoms with E-state index < -0.39 is 41.4 Å². The van der Waals surface area contributed by atoms with Crippen LogP contribution in [0.3, 0.4) is 0 Å². The average Bonchev–Trinajstić information content (AvgIpc) is 3.32. The third kappa shape index (κ3) is 2.75. The van der Waals surface area contributed by atoms with Gasteiger partial charge in [0.15, 0.2) is 6.10 Å². The summed E-state index contributed by atoms with van der Waals surface area (Å²) in [5, 5.41) is 0. The Morgan fingerprint density at radius 2 is 1.93 bits per heavy atom. The number of cyclic esters (lactones) is 1. The minimum Gasteiger partial charge on any atom is -0.472 e. The number of ether oxygens (including phenoxy) is 3. The molecule has 5 rings (SSSR count). The molecule has 150 valence electrons. The molecule has 1 aromatic heterocycles. The lowest BCUT2D eigenvalue weighted by Gasteiger charge is -2.48. The lowest BCUT2D eigenvalue weighted by molar-refractivity contribution is -0.197. The number of furan rings is 1. The Morgan fingerprint density at radius 1 is 1.14 bits per heavy atom. The average molecular weight is 396 g/mol. The predicted octanol–water partition coefficient (Wildman–Crippen LogP) is 3.06. The molecule has 0 radical (unpaired) electrons. The Kier molecular flexibility index (Phi) is 4.01. The van der Waals surface area contributed by atoms with Crippen LogP contribution in [-0.4, -0.2) is 30.1 Å². The van der Waals surface area contributed by atoms with E-state index in [1.807, 2.05) is 0 Å². The summed E-state index contributed by atoms with van der Waals surface area (Å²) in [4.78, 5) is 38.4. The van der Waals surface area contributed by atoms with Gasteiger partial charge >= 0.3 is 17.9 Å². The maximum absolute atomic E-state index is 12.9. The monoisotopic (exact) mass is 396 g/mol. The molecule has 0 unspecified atom stereocenters. The molecule has 0 N–H and O–H groups in total. The Hall–Kier alpha value is -3.09. The topological polar surface area (TPSA) is 92.0 Å². The van der Waals surface area contributed by atoms with Crippen molar-refractivity contribution in [2.45, 2.75) is 38.1 Å². The van der Waals surface area contributed by atoms with E-state index >= 15 is 0 Å². The first-order chi connectivity index (χ1) is 14.0. The van der Waals surface area contributed by atoms with Crippen molar-refractivity contribution in [1.29, 1.82) is 0 Å². The molecular formula is C22H20O7. The van der Waals surface area contributed by atoms with Crippen LogP contribution >= 0.6 is 0 Å². The summed E-state index contributed by atoms with van der Waals surface area (Å²) >= 11 is 0. The fourth-order valence-electron chi connectivity index (χ4n) is 5.06. The molecule has 2 saturated heterocycles. The molecule has 3 aliphatic rings. The molecule has 3 heterocycles. The first-order valence-corrected chi connectivity index (χ1v) is 9.67. The highest BCUT2D eigenvalue weighted by Gasteiger charge is 2.66. The maximum atomic E-state index is 12.9. The van der Waals surface area contributed by atoms with E-state index in [1.165, 1.54) is 12.5 Å². The largest absolute Gasteiger partial charge is 0.472 e. The van der Waals surface area contributed by atoms with Crippen molar-refractivity contribution in [3.8, 4) is 0 Å². The van der Waals surface area contributed by atoms with Crippen molar-refractivity contribution < 1.29 is 33.0 Å². The zero-order chi connectivity index (χ0) is 20.2. The number of hydrogen-bond donors (Lipinski definition) is 0. The van der Waals surface area contributed by atoms with E-state index in [4.69, 9.17) is 18.6 Å². The zero-order valence-corrected chi connectivity index (χ0v) is 15.8. The van der Waals surface area contributed by atoms with Crippen LogP contribution in [0, 0.1) is 17.3 Å². The van der Waals surface area contributed by atoms with Crippen LogP contribution in [0.1, 0.15) is 41.8 Å². The first-order valence-electron chi connectivity index (χ1n) is 9.67. The van der Waals surface area contributed by atoms with Gasteiger partial charge in [-0.3, -0.25) is 9.59 Å². The number of fused-ring (bicyclic) bond motifs is 4. The molecule has 1 saturated carbocycles. The summed E-state index contributed by atoms with van der Waals surface area (Å²) in [5.74, 6) is -2.39. The maximum Gasteiger partial charge on any atom is 0.338 e. The van der Waals surface area contributed by atoms with Crippen molar-refractivity contribution in [3.05, 3.63) is 60.1 Å². The van der Waals surface area contributed by atoms with Gasteiger partial charge in [0.25, 0.3) is 0 Å². The minimum atomic E-state index is -0.920. The van der Waals surface area contributed by atoms with Crippen LogP contribution in [-0.2, 0) is 23.8 Å². The summed E-state index contributed by atoms with van der Waals surface area (Å²) in [6, 6.07) is 10.3. The van der Waals surface area contributed by atoms with Gasteiger partial charge in [0.2, 0.25) is 0 Å². The van der Waals surface area contributed by atoms with Crippen LogP contribution in [0.5, 0.6) is 0 Å². The molecule has 29 heavy (non-hydrogen) atoms. The fraction of sp³-hybridized carbons (Fsp3) is 0.409. The number of carbonyl (C=O) groups excluding carboxylic acids is 3. The molecule has 2 aromatic rings. The summed E-state index contributed by atoms with van der Waals surface area (Å²) in [7, 11) is 0. The highest BCUT2D eigenvalue weighted by molar-refractivity contribution is 5.90. The van der Waals surface area contributed by atoms with Crippen molar-refractivity contribution in [2.75, 3.05) is 0 Å². The van der Waals surface area contributed by atoms with Gasteiger partial charge in [0, 0.05) is 17.9 Å². The second-order valence-corrected chi connectivity index (χ2v) is 8.17. The third-order valence-corrected chi connectivity index (χ3v) is 6.40. The molecule has 2 aliphatic heterocycles. The Bertz CT molecular complexity index is 951. The van der Waals surface area contributed by atoms with E-state index in [0.29, 0.717) is 24.0 Å². The van der Waals surface area contributed by atoms with Gasteiger partial charge in [-0.1, -0.05) is 18.2 Å². The molecular weight excluding hydrogens is 376 g/mol. The van der Waals surface area contributed by atoms with Gasteiger partial charge < -0.3 is 18.6 Å². The van der Waals surface area contributed by atoms with Crippen LogP contribution in [0.4, 0.5) is 0 Å². The van der Waals surface area contributed by atoms with E-state index in [2.05, 4.69) is 0 Å². The highest BCUT2D eigenvalue weighted by atomic mass is 16.6. The number of esters is 3. The predicted molar refractivity (Wildman–Crippen MR) is 97.4 cm³/mol. The van der Waals surface area contributed by atoms with Gasteiger partial charge in [-0.25, -0.2) is 4.79 Å². The van der Waals surface area contributed by atoms with E-state index in [1.54, 1.807) is 43.3 Å². The Balaban J connectivity index is 1.56. The molecule has 2 bridgehead atoms. The van der Waals surface area contributed by atoms with Gasteiger partial charge in [0.05, 0.1) is 29.4 Å². The summed E-state index contributed by atoms with van der Waals surface area (Å²) < 4.78 is 22.3. The lowest BCUT2D eigenvalue weighted by atomic mass is 9.59. The van der Waals surface area contributed by atoms with Crippen LogP contribution in [0.25, 0.3) is 0 Å². The summed E-state index contributed by atoms with van der Waals surface area (Å²) in [6.45, 7) is 1.79. The smallest absolute Gasteiger partial charge is 0.338 e. The third-order valence-electron chi connectivity index (χ3n) is 6.40. The normalized spacial score (nSPS) is 35.4. The van der Waals surface area contributed by atoms with Crippen molar-refractivity contribution in [1.82, 2.24) is 0 Å². The van der Waals surface area contributed by atoms with Crippen molar-refractivity contribution in [3.63, 3.8) is 0 Å². The Labute approximate surface area is 166 Å². The SMILES string of the molecule is C[C@]12C[C@H](C[C@@H]3C(=O)O[C@H](c4ccoc4)[C@@H](OC(=O)c4ccccc4)[C@H]31)OC2=O. The molecule has 7 nitrogen and oxygen atoms in total. The van der Waals surface area contributed by atoms with Crippen LogP contribution in [0.15, 0.2) is 53.3 Å². The van der Waals surface area contributed by atoms with Crippen molar-refractivity contribution >= 4 is 17.9 Å².